The van der Waals surface area contributed by atoms with Crippen LogP contribution in [0.25, 0.3) is 0 Å². The first-order chi connectivity index (χ1) is 12.7. The summed E-state index contributed by atoms with van der Waals surface area (Å²) in [5, 5.41) is 5.61. The van der Waals surface area contributed by atoms with Crippen LogP contribution >= 0.6 is 0 Å². The largest absolute Gasteiger partial charge is 0.449 e. The Hall–Kier alpha value is -2.18. The molecular weight excluding hydrogens is 348 g/mol. The van der Waals surface area contributed by atoms with Crippen molar-refractivity contribution in [1.82, 2.24) is 10.6 Å². The van der Waals surface area contributed by atoms with Crippen molar-refractivity contribution >= 4 is 23.6 Å². The maximum absolute atomic E-state index is 12.3. The first-order valence-corrected chi connectivity index (χ1v) is 9.64. The predicted octanol–water partition coefficient (Wildman–Crippen LogP) is 2.15. The Morgan fingerprint density at radius 1 is 1.07 bits per heavy atom. The topological polar surface area (TPSA) is 102 Å². The highest BCUT2D eigenvalue weighted by Crippen LogP contribution is 2.29. The van der Waals surface area contributed by atoms with Gasteiger partial charge in [-0.3, -0.25) is 14.4 Å². The van der Waals surface area contributed by atoms with Gasteiger partial charge in [-0.05, 0) is 70.9 Å². The van der Waals surface area contributed by atoms with Crippen LogP contribution in [0.1, 0.15) is 52.9 Å². The quantitative estimate of drug-likeness (QED) is 0.690. The second-order valence-corrected chi connectivity index (χ2v) is 8.46. The van der Waals surface area contributed by atoms with E-state index in [0.29, 0.717) is 19.6 Å². The molecule has 0 aromatic carbocycles. The fourth-order valence-corrected chi connectivity index (χ4v) is 3.43. The summed E-state index contributed by atoms with van der Waals surface area (Å²) in [6.07, 6.45) is 5.73. The normalized spacial score (nSPS) is 23.4. The number of carbonyl (C=O) groups is 4. The van der Waals surface area contributed by atoms with Crippen LogP contribution in [0.4, 0.5) is 4.79 Å². The minimum Gasteiger partial charge on any atom is -0.449 e. The SMILES string of the molecule is CC(C)(C)NC(=O)OC[C@H]1CC[C@H](C(=O)NCCC2C(=O)C=CC2=O)CC1. The lowest BCUT2D eigenvalue weighted by Gasteiger charge is -2.28. The smallest absolute Gasteiger partial charge is 0.407 e. The lowest BCUT2D eigenvalue weighted by Crippen LogP contribution is -2.41. The summed E-state index contributed by atoms with van der Waals surface area (Å²) in [6, 6.07) is 0. The number of amides is 2. The van der Waals surface area contributed by atoms with E-state index in [4.69, 9.17) is 4.74 Å². The lowest BCUT2D eigenvalue weighted by molar-refractivity contribution is -0.128. The number of ketones is 2. The molecule has 0 bridgehead atoms. The zero-order valence-corrected chi connectivity index (χ0v) is 16.4. The summed E-state index contributed by atoms with van der Waals surface area (Å²) in [6.45, 7) is 6.39. The molecule has 27 heavy (non-hydrogen) atoms. The van der Waals surface area contributed by atoms with Gasteiger partial charge in [0.05, 0.1) is 12.5 Å². The van der Waals surface area contributed by atoms with Gasteiger partial charge in [0.25, 0.3) is 0 Å². The van der Waals surface area contributed by atoms with E-state index < -0.39 is 12.0 Å². The highest BCUT2D eigenvalue weighted by Gasteiger charge is 2.29. The molecule has 0 radical (unpaired) electrons. The van der Waals surface area contributed by atoms with E-state index >= 15 is 0 Å². The second kappa shape index (κ2) is 9.15. The van der Waals surface area contributed by atoms with Crippen molar-refractivity contribution in [2.45, 2.75) is 58.4 Å². The first kappa shape index (κ1) is 21.1. The third-order valence-electron chi connectivity index (χ3n) is 4.98. The van der Waals surface area contributed by atoms with E-state index in [9.17, 15) is 19.2 Å². The number of carbonyl (C=O) groups excluding carboxylic acids is 4. The number of rotatable bonds is 6. The molecule has 2 amide bonds. The van der Waals surface area contributed by atoms with E-state index in [0.717, 1.165) is 25.7 Å². The molecule has 0 aliphatic heterocycles. The summed E-state index contributed by atoms with van der Waals surface area (Å²) < 4.78 is 5.27. The van der Waals surface area contributed by atoms with Crippen molar-refractivity contribution in [2.24, 2.45) is 17.8 Å². The number of nitrogens with one attached hydrogen (secondary N) is 2. The van der Waals surface area contributed by atoms with E-state index in [1.807, 2.05) is 20.8 Å². The molecule has 0 aromatic heterocycles. The molecule has 0 aromatic rings. The number of allylic oxidation sites excluding steroid dienone is 2. The number of hydrogen-bond acceptors (Lipinski definition) is 5. The molecule has 0 atom stereocenters. The number of hydrogen-bond donors (Lipinski definition) is 2. The van der Waals surface area contributed by atoms with Crippen molar-refractivity contribution in [2.75, 3.05) is 13.2 Å². The molecule has 0 saturated heterocycles. The van der Waals surface area contributed by atoms with Crippen LogP contribution in [0.5, 0.6) is 0 Å². The Labute approximate surface area is 160 Å². The Balaban J connectivity index is 1.62. The van der Waals surface area contributed by atoms with Crippen LogP contribution in [0.15, 0.2) is 12.2 Å². The van der Waals surface area contributed by atoms with E-state index in [1.54, 1.807) is 0 Å². The summed E-state index contributed by atoms with van der Waals surface area (Å²) in [7, 11) is 0. The molecule has 1 saturated carbocycles. The molecule has 150 valence electrons. The van der Waals surface area contributed by atoms with Crippen molar-refractivity contribution in [3.8, 4) is 0 Å². The minimum absolute atomic E-state index is 0.0225. The highest BCUT2D eigenvalue weighted by atomic mass is 16.5. The maximum atomic E-state index is 12.3. The monoisotopic (exact) mass is 378 g/mol. The van der Waals surface area contributed by atoms with Gasteiger partial charge in [-0.1, -0.05) is 0 Å². The molecule has 0 unspecified atom stereocenters. The minimum atomic E-state index is -0.627. The fourth-order valence-electron chi connectivity index (χ4n) is 3.43. The molecule has 0 spiro atoms. The maximum Gasteiger partial charge on any atom is 0.407 e. The van der Waals surface area contributed by atoms with Crippen molar-refractivity contribution < 1.29 is 23.9 Å². The third kappa shape index (κ3) is 6.81. The standard InChI is InChI=1S/C20H30N2O5/c1-20(2,3)22-19(26)27-12-13-4-6-14(7-5-13)18(25)21-11-10-15-16(23)8-9-17(15)24/h8-9,13-15H,4-7,10-12H2,1-3H3,(H,21,25)(H,22,26)/t13-,14-. The number of alkyl carbamates (subject to hydrolysis) is 1. The predicted molar refractivity (Wildman–Crippen MR) is 100.0 cm³/mol. The van der Waals surface area contributed by atoms with Crippen LogP contribution in [0.2, 0.25) is 0 Å². The van der Waals surface area contributed by atoms with Gasteiger partial charge in [0.15, 0.2) is 11.6 Å². The van der Waals surface area contributed by atoms with Gasteiger partial charge in [0, 0.05) is 18.0 Å². The van der Waals surface area contributed by atoms with Gasteiger partial charge in [-0.15, -0.1) is 0 Å². The van der Waals surface area contributed by atoms with Crippen LogP contribution in [-0.4, -0.2) is 42.3 Å². The van der Waals surface area contributed by atoms with E-state index in [-0.39, 0.29) is 34.8 Å². The molecule has 0 heterocycles. The van der Waals surface area contributed by atoms with Gasteiger partial charge in [-0.25, -0.2) is 4.79 Å². The Morgan fingerprint density at radius 3 is 2.22 bits per heavy atom. The molecule has 2 aliphatic rings. The van der Waals surface area contributed by atoms with Crippen LogP contribution < -0.4 is 10.6 Å². The Bertz CT molecular complexity index is 594. The number of ether oxygens (including phenoxy) is 1. The van der Waals surface area contributed by atoms with Crippen molar-refractivity contribution in [1.29, 1.82) is 0 Å². The molecule has 2 aliphatic carbocycles. The van der Waals surface area contributed by atoms with Crippen LogP contribution in [0, 0.1) is 17.8 Å². The first-order valence-electron chi connectivity index (χ1n) is 9.64. The molecule has 2 rings (SSSR count). The van der Waals surface area contributed by atoms with Gasteiger partial charge >= 0.3 is 6.09 Å². The van der Waals surface area contributed by atoms with Gasteiger partial charge in [0.2, 0.25) is 5.91 Å². The fraction of sp³-hybridized carbons (Fsp3) is 0.700. The third-order valence-corrected chi connectivity index (χ3v) is 4.98. The molecule has 7 nitrogen and oxygen atoms in total. The van der Waals surface area contributed by atoms with Crippen LogP contribution in [0.3, 0.4) is 0 Å². The van der Waals surface area contributed by atoms with Crippen molar-refractivity contribution in [3.63, 3.8) is 0 Å². The average Bonchev–Trinajstić information content (AvgIpc) is 2.91. The second-order valence-electron chi connectivity index (χ2n) is 8.46. The summed E-state index contributed by atoms with van der Waals surface area (Å²) in [5.41, 5.74) is -0.323. The van der Waals surface area contributed by atoms with Gasteiger partial charge in [0.1, 0.15) is 0 Å². The van der Waals surface area contributed by atoms with Crippen molar-refractivity contribution in [3.05, 3.63) is 12.2 Å². The molecule has 2 N–H and O–H groups in total. The Morgan fingerprint density at radius 2 is 1.67 bits per heavy atom. The van der Waals surface area contributed by atoms with E-state index in [2.05, 4.69) is 10.6 Å². The summed E-state index contributed by atoms with van der Waals surface area (Å²) >= 11 is 0. The molecular formula is C20H30N2O5. The van der Waals surface area contributed by atoms with Gasteiger partial charge in [-0.2, -0.15) is 0 Å². The molecule has 1 fully saturated rings. The zero-order valence-electron chi connectivity index (χ0n) is 16.4. The zero-order chi connectivity index (χ0) is 20.0. The summed E-state index contributed by atoms with van der Waals surface area (Å²) in [5.74, 6) is -0.782. The highest BCUT2D eigenvalue weighted by molar-refractivity contribution is 6.18. The van der Waals surface area contributed by atoms with Gasteiger partial charge < -0.3 is 15.4 Å². The molecule has 7 heteroatoms. The summed E-state index contributed by atoms with van der Waals surface area (Å²) in [4.78, 5) is 47.0. The lowest BCUT2D eigenvalue weighted by atomic mass is 9.82. The Kier molecular flexibility index (Phi) is 7.16. The van der Waals surface area contributed by atoms with Crippen LogP contribution in [-0.2, 0) is 19.1 Å². The van der Waals surface area contributed by atoms with E-state index in [1.165, 1.54) is 12.2 Å². The average molecular weight is 378 g/mol.